The maximum atomic E-state index is 12.5. The van der Waals surface area contributed by atoms with Crippen LogP contribution in [0.5, 0.6) is 5.75 Å². The summed E-state index contributed by atoms with van der Waals surface area (Å²) in [6.07, 6.45) is 2.03. The van der Waals surface area contributed by atoms with E-state index >= 15 is 0 Å². The van der Waals surface area contributed by atoms with Crippen LogP contribution in [0.15, 0.2) is 48.5 Å². The average molecular weight is 355 g/mol. The molecule has 0 saturated carbocycles. The van der Waals surface area contributed by atoms with Crippen molar-refractivity contribution >= 4 is 34.4 Å². The van der Waals surface area contributed by atoms with Crippen molar-refractivity contribution in [1.29, 1.82) is 0 Å². The number of imidazole rings is 1. The van der Waals surface area contributed by atoms with Crippen LogP contribution in [-0.4, -0.2) is 28.3 Å². The fraction of sp³-hybridized carbons (Fsp3) is 0.263. The van der Waals surface area contributed by atoms with Crippen molar-refractivity contribution in [2.45, 2.75) is 19.2 Å². The average Bonchev–Trinajstić information content (AvgIpc) is 2.95. The zero-order chi connectivity index (χ0) is 17.6. The highest BCUT2D eigenvalue weighted by Gasteiger charge is 2.13. The third-order valence-corrected chi connectivity index (χ3v) is 4.30. The number of hydrogen-bond acceptors (Lipinski definition) is 4. The Kier molecular flexibility index (Phi) is 5.60. The van der Waals surface area contributed by atoms with Crippen molar-refractivity contribution in [3.63, 3.8) is 0 Å². The number of carbonyl (C=O) groups excluding carboxylic acids is 1. The Morgan fingerprint density at radius 2 is 1.96 bits per heavy atom. The molecule has 0 fully saturated rings. The lowest BCUT2D eigenvalue weighted by molar-refractivity contribution is -0.116. The first-order valence-corrected chi connectivity index (χ1v) is 9.56. The number of amides is 1. The molecule has 3 rings (SSSR count). The highest BCUT2D eigenvalue weighted by atomic mass is 32.2. The van der Waals surface area contributed by atoms with Gasteiger partial charge in [-0.1, -0.05) is 12.1 Å². The predicted octanol–water partition coefficient (Wildman–Crippen LogP) is 3.94. The summed E-state index contributed by atoms with van der Waals surface area (Å²) < 4.78 is 7.40. The van der Waals surface area contributed by atoms with Crippen LogP contribution in [0.2, 0.25) is 0 Å². The minimum absolute atomic E-state index is 0.0744. The molecular formula is C19H21N3O2S. The van der Waals surface area contributed by atoms with E-state index < -0.39 is 0 Å². The molecule has 0 unspecified atom stereocenters. The maximum Gasteiger partial charge on any atom is 0.244 e. The summed E-state index contributed by atoms with van der Waals surface area (Å²) in [4.78, 5) is 17.1. The van der Waals surface area contributed by atoms with E-state index in [1.54, 1.807) is 11.8 Å². The quantitative estimate of drug-likeness (QED) is 0.697. The van der Waals surface area contributed by atoms with Crippen molar-refractivity contribution in [3.05, 3.63) is 54.4 Å². The Balaban J connectivity index is 1.76. The standard InChI is InChI=1S/C19H21N3O2S/c1-3-24-15-10-8-14(9-11-15)20-19(23)12-22-17-7-5-4-6-16(17)21-18(22)13-25-2/h4-11H,3,12-13H2,1-2H3,(H,20,23). The largest absolute Gasteiger partial charge is 0.494 e. The van der Waals surface area contributed by atoms with Gasteiger partial charge in [0, 0.05) is 5.69 Å². The number of hydrogen-bond donors (Lipinski definition) is 1. The van der Waals surface area contributed by atoms with Gasteiger partial charge in [0.15, 0.2) is 0 Å². The van der Waals surface area contributed by atoms with Crippen LogP contribution in [0.25, 0.3) is 11.0 Å². The first-order valence-electron chi connectivity index (χ1n) is 8.17. The monoisotopic (exact) mass is 355 g/mol. The normalized spacial score (nSPS) is 10.8. The molecule has 2 aromatic carbocycles. The summed E-state index contributed by atoms with van der Waals surface area (Å²) in [6.45, 7) is 2.80. The topological polar surface area (TPSA) is 56.1 Å². The maximum absolute atomic E-state index is 12.5. The summed E-state index contributed by atoms with van der Waals surface area (Å²) in [7, 11) is 0. The van der Waals surface area contributed by atoms with Gasteiger partial charge in [-0.2, -0.15) is 11.8 Å². The highest BCUT2D eigenvalue weighted by molar-refractivity contribution is 7.97. The lowest BCUT2D eigenvalue weighted by atomic mass is 10.3. The van der Waals surface area contributed by atoms with Crippen molar-refractivity contribution < 1.29 is 9.53 Å². The second kappa shape index (κ2) is 8.07. The lowest BCUT2D eigenvalue weighted by Crippen LogP contribution is -2.20. The number of rotatable bonds is 7. The van der Waals surface area contributed by atoms with Gasteiger partial charge in [0.25, 0.3) is 0 Å². The number of ether oxygens (including phenoxy) is 1. The number of thioether (sulfide) groups is 1. The van der Waals surface area contributed by atoms with Crippen molar-refractivity contribution in [2.75, 3.05) is 18.2 Å². The molecule has 0 atom stereocenters. The molecule has 0 bridgehead atoms. The number of para-hydroxylation sites is 2. The van der Waals surface area contributed by atoms with E-state index in [9.17, 15) is 4.79 Å². The van der Waals surface area contributed by atoms with Gasteiger partial charge in [-0.3, -0.25) is 4.79 Å². The van der Waals surface area contributed by atoms with Crippen LogP contribution in [0, 0.1) is 0 Å². The molecule has 6 heteroatoms. The third kappa shape index (κ3) is 4.14. The summed E-state index contributed by atoms with van der Waals surface area (Å²) in [5.41, 5.74) is 2.65. The second-order valence-electron chi connectivity index (χ2n) is 5.54. The van der Waals surface area contributed by atoms with Gasteiger partial charge in [0.2, 0.25) is 5.91 Å². The van der Waals surface area contributed by atoms with Crippen molar-refractivity contribution in [1.82, 2.24) is 9.55 Å². The summed E-state index contributed by atoms with van der Waals surface area (Å²) in [5.74, 6) is 2.40. The molecular weight excluding hydrogens is 334 g/mol. The lowest BCUT2D eigenvalue weighted by Gasteiger charge is -2.10. The van der Waals surface area contributed by atoms with Crippen molar-refractivity contribution in [3.8, 4) is 5.75 Å². The zero-order valence-corrected chi connectivity index (χ0v) is 15.2. The van der Waals surface area contributed by atoms with Gasteiger partial charge in [-0.05, 0) is 49.6 Å². The Labute approximate surface area is 151 Å². The minimum atomic E-state index is -0.0744. The first-order chi connectivity index (χ1) is 12.2. The van der Waals surface area contributed by atoms with Crippen molar-refractivity contribution in [2.24, 2.45) is 0 Å². The van der Waals surface area contributed by atoms with Crippen LogP contribution in [0.4, 0.5) is 5.69 Å². The molecule has 0 aliphatic carbocycles. The summed E-state index contributed by atoms with van der Waals surface area (Å²) >= 11 is 1.69. The number of anilines is 1. The molecule has 3 aromatic rings. The SMILES string of the molecule is CCOc1ccc(NC(=O)Cn2c(CSC)nc3ccccc32)cc1. The fourth-order valence-electron chi connectivity index (χ4n) is 2.69. The van der Waals surface area contributed by atoms with E-state index in [-0.39, 0.29) is 12.5 Å². The van der Waals surface area contributed by atoms with Gasteiger partial charge in [0.05, 0.1) is 23.4 Å². The Morgan fingerprint density at radius 3 is 2.68 bits per heavy atom. The molecule has 0 aliphatic rings. The van der Waals surface area contributed by atoms with Gasteiger partial charge < -0.3 is 14.6 Å². The molecule has 0 aliphatic heterocycles. The fourth-order valence-corrected chi connectivity index (χ4v) is 3.16. The van der Waals surface area contributed by atoms with E-state index in [1.807, 2.05) is 66.3 Å². The summed E-state index contributed by atoms with van der Waals surface area (Å²) in [6, 6.07) is 15.3. The molecule has 1 heterocycles. The van der Waals surface area contributed by atoms with E-state index in [1.165, 1.54) is 0 Å². The molecule has 130 valence electrons. The molecule has 0 saturated heterocycles. The van der Waals surface area contributed by atoms with Gasteiger partial charge >= 0.3 is 0 Å². The van der Waals surface area contributed by atoms with E-state index in [2.05, 4.69) is 10.3 Å². The van der Waals surface area contributed by atoms with Crippen LogP contribution < -0.4 is 10.1 Å². The van der Waals surface area contributed by atoms with Crippen LogP contribution in [-0.2, 0) is 17.1 Å². The smallest absolute Gasteiger partial charge is 0.244 e. The van der Waals surface area contributed by atoms with Gasteiger partial charge in [-0.25, -0.2) is 4.98 Å². The molecule has 0 spiro atoms. The van der Waals surface area contributed by atoms with E-state index in [4.69, 9.17) is 4.74 Å². The van der Waals surface area contributed by atoms with Crippen LogP contribution >= 0.6 is 11.8 Å². The Hall–Kier alpha value is -2.47. The number of nitrogens with one attached hydrogen (secondary N) is 1. The van der Waals surface area contributed by atoms with E-state index in [0.29, 0.717) is 6.61 Å². The second-order valence-corrected chi connectivity index (χ2v) is 6.41. The molecule has 1 aromatic heterocycles. The third-order valence-electron chi connectivity index (χ3n) is 3.76. The predicted molar refractivity (Wildman–Crippen MR) is 103 cm³/mol. The Bertz CT molecular complexity index is 859. The molecule has 1 N–H and O–H groups in total. The summed E-state index contributed by atoms with van der Waals surface area (Å²) in [5, 5.41) is 2.93. The van der Waals surface area contributed by atoms with E-state index in [0.717, 1.165) is 34.0 Å². The molecule has 5 nitrogen and oxygen atoms in total. The van der Waals surface area contributed by atoms with Crippen LogP contribution in [0.1, 0.15) is 12.7 Å². The number of fused-ring (bicyclic) bond motifs is 1. The number of nitrogens with zero attached hydrogens (tertiary/aromatic N) is 2. The Morgan fingerprint density at radius 1 is 1.20 bits per heavy atom. The highest BCUT2D eigenvalue weighted by Crippen LogP contribution is 2.20. The zero-order valence-electron chi connectivity index (χ0n) is 14.4. The van der Waals surface area contributed by atoms with Gasteiger partial charge in [-0.15, -0.1) is 0 Å². The molecule has 1 amide bonds. The van der Waals surface area contributed by atoms with Crippen LogP contribution in [0.3, 0.4) is 0 Å². The number of aromatic nitrogens is 2. The molecule has 25 heavy (non-hydrogen) atoms. The number of carbonyl (C=O) groups is 1. The number of benzene rings is 2. The minimum Gasteiger partial charge on any atom is -0.494 e. The first kappa shape index (κ1) is 17.4. The molecule has 0 radical (unpaired) electrons. The van der Waals surface area contributed by atoms with Gasteiger partial charge in [0.1, 0.15) is 18.1 Å².